The molecule has 0 bridgehead atoms. The SMILES string of the molecule is CC1(C)CC(O[SiH2]OC2CC(C)(C)NC(C)(C)C2)CC(C)(C)N1. The number of hydrogen-bond acceptors (Lipinski definition) is 4. The van der Waals surface area contributed by atoms with Crippen LogP contribution in [0.4, 0.5) is 0 Å². The van der Waals surface area contributed by atoms with Crippen molar-refractivity contribution in [3.8, 4) is 0 Å². The molecule has 0 amide bonds. The summed E-state index contributed by atoms with van der Waals surface area (Å²) in [6.07, 6.45) is 4.92. The van der Waals surface area contributed by atoms with Crippen LogP contribution in [0.15, 0.2) is 0 Å². The standard InChI is InChI=1S/C18H38N2O2Si/c1-15(2)9-13(10-16(3,4)19-15)21-23-22-14-11-17(5,6)20-18(7,8)12-14/h13-14,19-20H,9-12,23H2,1-8H3. The normalized spacial score (nSPS) is 30.3. The fourth-order valence-corrected chi connectivity index (χ4v) is 5.86. The van der Waals surface area contributed by atoms with Crippen molar-refractivity contribution in [2.75, 3.05) is 0 Å². The zero-order chi connectivity index (χ0) is 17.5. The first kappa shape index (κ1) is 19.4. The van der Waals surface area contributed by atoms with Gasteiger partial charge < -0.3 is 19.5 Å². The Morgan fingerprint density at radius 3 is 1.13 bits per heavy atom. The average molecular weight is 343 g/mol. The molecule has 0 atom stereocenters. The van der Waals surface area contributed by atoms with Crippen LogP contribution in [0.1, 0.15) is 81.1 Å². The highest BCUT2D eigenvalue weighted by Gasteiger charge is 2.40. The van der Waals surface area contributed by atoms with Gasteiger partial charge in [0.1, 0.15) is 0 Å². The Balaban J connectivity index is 1.83. The lowest BCUT2D eigenvalue weighted by atomic mass is 9.81. The van der Waals surface area contributed by atoms with Crippen LogP contribution in [-0.4, -0.2) is 44.4 Å². The van der Waals surface area contributed by atoms with E-state index in [1.807, 2.05) is 0 Å². The van der Waals surface area contributed by atoms with Crippen molar-refractivity contribution >= 4 is 10.0 Å². The molecule has 0 saturated carbocycles. The van der Waals surface area contributed by atoms with Gasteiger partial charge in [0.05, 0.1) is 12.2 Å². The lowest BCUT2D eigenvalue weighted by molar-refractivity contribution is 0.0124. The van der Waals surface area contributed by atoms with Gasteiger partial charge in [0.25, 0.3) is 0 Å². The fraction of sp³-hybridized carbons (Fsp3) is 1.00. The van der Waals surface area contributed by atoms with Crippen molar-refractivity contribution in [1.82, 2.24) is 10.6 Å². The van der Waals surface area contributed by atoms with Crippen molar-refractivity contribution in [2.45, 2.75) is 115 Å². The van der Waals surface area contributed by atoms with Crippen LogP contribution in [0.5, 0.6) is 0 Å². The maximum absolute atomic E-state index is 6.25. The Labute approximate surface area is 145 Å². The van der Waals surface area contributed by atoms with E-state index in [0.717, 1.165) is 25.7 Å². The molecule has 4 nitrogen and oxygen atoms in total. The minimum Gasteiger partial charge on any atom is -0.396 e. The molecule has 2 fully saturated rings. The second-order valence-electron chi connectivity index (χ2n) is 10.3. The number of nitrogens with one attached hydrogen (secondary N) is 2. The van der Waals surface area contributed by atoms with Crippen LogP contribution < -0.4 is 10.6 Å². The molecule has 2 saturated heterocycles. The van der Waals surface area contributed by atoms with Crippen molar-refractivity contribution in [1.29, 1.82) is 0 Å². The predicted octanol–water partition coefficient (Wildman–Crippen LogP) is 2.64. The van der Waals surface area contributed by atoms with E-state index in [1.165, 1.54) is 0 Å². The predicted molar refractivity (Wildman–Crippen MR) is 99.3 cm³/mol. The Kier molecular flexibility index (Phi) is 5.40. The van der Waals surface area contributed by atoms with Crippen molar-refractivity contribution in [2.24, 2.45) is 0 Å². The Morgan fingerprint density at radius 1 is 0.609 bits per heavy atom. The second kappa shape index (κ2) is 6.41. The molecule has 0 radical (unpaired) electrons. The minimum atomic E-state index is -0.929. The zero-order valence-electron chi connectivity index (χ0n) is 16.5. The zero-order valence-corrected chi connectivity index (χ0v) is 17.9. The van der Waals surface area contributed by atoms with E-state index in [2.05, 4.69) is 66.0 Å². The van der Waals surface area contributed by atoms with E-state index in [9.17, 15) is 0 Å². The minimum absolute atomic E-state index is 0.138. The number of piperidine rings is 2. The van der Waals surface area contributed by atoms with E-state index in [0.29, 0.717) is 12.2 Å². The largest absolute Gasteiger partial charge is 0.396 e. The molecule has 23 heavy (non-hydrogen) atoms. The highest BCUT2D eigenvalue weighted by Crippen LogP contribution is 2.32. The van der Waals surface area contributed by atoms with Gasteiger partial charge in [0.15, 0.2) is 0 Å². The van der Waals surface area contributed by atoms with Crippen LogP contribution in [0.25, 0.3) is 0 Å². The summed E-state index contributed by atoms with van der Waals surface area (Å²) in [5.41, 5.74) is 0.554. The Morgan fingerprint density at radius 2 is 0.870 bits per heavy atom. The summed E-state index contributed by atoms with van der Waals surface area (Å²) in [6.45, 7) is 18.1. The monoisotopic (exact) mass is 342 g/mol. The van der Waals surface area contributed by atoms with E-state index >= 15 is 0 Å². The highest BCUT2D eigenvalue weighted by atomic mass is 28.3. The number of rotatable bonds is 4. The van der Waals surface area contributed by atoms with Gasteiger partial charge in [0, 0.05) is 22.2 Å². The first-order chi connectivity index (χ1) is 10.3. The van der Waals surface area contributed by atoms with Crippen LogP contribution in [0.3, 0.4) is 0 Å². The molecule has 2 heterocycles. The van der Waals surface area contributed by atoms with Crippen molar-refractivity contribution in [3.05, 3.63) is 0 Å². The summed E-state index contributed by atoms with van der Waals surface area (Å²) in [4.78, 5) is 0. The summed E-state index contributed by atoms with van der Waals surface area (Å²) in [5.74, 6) is 0. The van der Waals surface area contributed by atoms with E-state index < -0.39 is 10.0 Å². The van der Waals surface area contributed by atoms with Crippen molar-refractivity contribution in [3.63, 3.8) is 0 Å². The number of hydrogen-bond donors (Lipinski definition) is 2. The molecular weight excluding hydrogens is 304 g/mol. The molecule has 0 aromatic rings. The van der Waals surface area contributed by atoms with Gasteiger partial charge in [-0.2, -0.15) is 0 Å². The molecule has 0 aromatic carbocycles. The molecule has 2 aliphatic heterocycles. The van der Waals surface area contributed by atoms with Crippen LogP contribution in [0, 0.1) is 0 Å². The van der Waals surface area contributed by atoms with Gasteiger partial charge in [-0.1, -0.05) is 0 Å². The molecule has 0 aromatic heterocycles. The highest BCUT2D eigenvalue weighted by molar-refractivity contribution is 6.18. The third kappa shape index (κ3) is 6.13. The quantitative estimate of drug-likeness (QED) is 0.771. The smallest absolute Gasteiger partial charge is 0.304 e. The van der Waals surface area contributed by atoms with Gasteiger partial charge in [-0.3, -0.25) is 0 Å². The maximum atomic E-state index is 6.25. The van der Waals surface area contributed by atoms with Crippen LogP contribution in [0.2, 0.25) is 0 Å². The fourth-order valence-electron chi connectivity index (χ4n) is 4.92. The third-order valence-electron chi connectivity index (χ3n) is 4.91. The molecule has 0 unspecified atom stereocenters. The maximum Gasteiger partial charge on any atom is 0.304 e. The molecule has 2 rings (SSSR count). The molecule has 5 heteroatoms. The first-order valence-electron chi connectivity index (χ1n) is 9.10. The van der Waals surface area contributed by atoms with E-state index in [4.69, 9.17) is 8.85 Å². The summed E-state index contributed by atoms with van der Waals surface area (Å²) in [7, 11) is -0.929. The van der Waals surface area contributed by atoms with E-state index in [-0.39, 0.29) is 22.2 Å². The third-order valence-corrected chi connectivity index (χ3v) is 6.13. The van der Waals surface area contributed by atoms with Gasteiger partial charge in [-0.15, -0.1) is 0 Å². The van der Waals surface area contributed by atoms with E-state index in [1.54, 1.807) is 0 Å². The Hall–Kier alpha value is 0.0569. The second-order valence-corrected chi connectivity index (χ2v) is 11.2. The van der Waals surface area contributed by atoms with Crippen molar-refractivity contribution < 1.29 is 8.85 Å². The summed E-state index contributed by atoms with van der Waals surface area (Å²) < 4.78 is 12.5. The van der Waals surface area contributed by atoms with Crippen LogP contribution in [-0.2, 0) is 8.85 Å². The topological polar surface area (TPSA) is 42.5 Å². The molecule has 0 spiro atoms. The molecule has 2 N–H and O–H groups in total. The van der Waals surface area contributed by atoms with Gasteiger partial charge in [0.2, 0.25) is 0 Å². The molecular formula is C18H38N2O2Si. The van der Waals surface area contributed by atoms with Gasteiger partial charge >= 0.3 is 10.0 Å². The van der Waals surface area contributed by atoms with Crippen LogP contribution >= 0.6 is 0 Å². The molecule has 2 aliphatic rings. The van der Waals surface area contributed by atoms with Gasteiger partial charge in [-0.05, 0) is 81.1 Å². The first-order valence-corrected chi connectivity index (χ1v) is 10.3. The Bertz CT molecular complexity index is 351. The molecule has 0 aliphatic carbocycles. The lowest BCUT2D eigenvalue weighted by Gasteiger charge is -2.47. The van der Waals surface area contributed by atoms with Gasteiger partial charge in [-0.25, -0.2) is 0 Å². The summed E-state index contributed by atoms with van der Waals surface area (Å²) in [5, 5.41) is 7.42. The lowest BCUT2D eigenvalue weighted by Crippen LogP contribution is -2.60. The summed E-state index contributed by atoms with van der Waals surface area (Å²) in [6, 6.07) is 0. The summed E-state index contributed by atoms with van der Waals surface area (Å²) >= 11 is 0. The molecule has 136 valence electrons. The average Bonchev–Trinajstić information content (AvgIpc) is 2.19.